The summed E-state index contributed by atoms with van der Waals surface area (Å²) in [6.07, 6.45) is 4.81. The first kappa shape index (κ1) is 19.3. The van der Waals surface area contributed by atoms with E-state index in [1.807, 2.05) is 0 Å². The molecule has 1 rings (SSSR count). The molecule has 0 aliphatic carbocycles. The van der Waals surface area contributed by atoms with Crippen molar-refractivity contribution in [1.29, 1.82) is 0 Å². The Kier molecular flexibility index (Phi) is 6.29. The van der Waals surface area contributed by atoms with Gasteiger partial charge >= 0.3 is 0 Å². The monoisotopic (exact) mass is 306 g/mol. The third-order valence-corrected chi connectivity index (χ3v) is 5.51. The molecule has 128 valence electrons. The van der Waals surface area contributed by atoms with Gasteiger partial charge in [0.1, 0.15) is 5.82 Å². The van der Waals surface area contributed by atoms with Crippen LogP contribution in [0.5, 0.6) is 0 Å². The Morgan fingerprint density at radius 3 is 2.05 bits per heavy atom. The number of rotatable bonds is 8. The largest absolute Gasteiger partial charge is 0.345 e. The van der Waals surface area contributed by atoms with E-state index < -0.39 is 0 Å². The van der Waals surface area contributed by atoms with Crippen molar-refractivity contribution in [2.24, 2.45) is 5.92 Å². The van der Waals surface area contributed by atoms with E-state index in [0.717, 1.165) is 6.42 Å². The standard InChI is InChI=1S/C20H38N2/c1-10-12-13-20(8,9)18-21-16(15(5)14(3)4)17(22-18)19(6,7)11-2/h14-15H,10-13H2,1-9H3,(H,21,22). The molecule has 0 bridgehead atoms. The summed E-state index contributed by atoms with van der Waals surface area (Å²) >= 11 is 0. The van der Waals surface area contributed by atoms with Gasteiger partial charge in [-0.1, -0.05) is 75.2 Å². The van der Waals surface area contributed by atoms with E-state index in [-0.39, 0.29) is 10.8 Å². The van der Waals surface area contributed by atoms with Gasteiger partial charge in [0.2, 0.25) is 0 Å². The number of aromatic nitrogens is 2. The van der Waals surface area contributed by atoms with Gasteiger partial charge in [-0.05, 0) is 18.8 Å². The van der Waals surface area contributed by atoms with Gasteiger partial charge in [0.25, 0.3) is 0 Å². The van der Waals surface area contributed by atoms with E-state index in [9.17, 15) is 0 Å². The highest BCUT2D eigenvalue weighted by Crippen LogP contribution is 2.37. The van der Waals surface area contributed by atoms with Crippen LogP contribution in [-0.2, 0) is 10.8 Å². The number of nitrogens with one attached hydrogen (secondary N) is 1. The second kappa shape index (κ2) is 7.19. The molecule has 0 aromatic carbocycles. The zero-order valence-corrected chi connectivity index (χ0v) is 16.4. The number of hydrogen-bond donors (Lipinski definition) is 1. The van der Waals surface area contributed by atoms with Crippen LogP contribution in [0.25, 0.3) is 0 Å². The van der Waals surface area contributed by atoms with E-state index in [0.29, 0.717) is 11.8 Å². The van der Waals surface area contributed by atoms with Crippen LogP contribution in [0.3, 0.4) is 0 Å². The van der Waals surface area contributed by atoms with Crippen molar-refractivity contribution in [2.45, 2.75) is 105 Å². The lowest BCUT2D eigenvalue weighted by Gasteiger charge is -2.25. The van der Waals surface area contributed by atoms with Crippen molar-refractivity contribution in [1.82, 2.24) is 9.97 Å². The molecule has 1 aromatic heterocycles. The van der Waals surface area contributed by atoms with Gasteiger partial charge in [0.05, 0.1) is 5.69 Å². The van der Waals surface area contributed by atoms with Crippen molar-refractivity contribution in [2.75, 3.05) is 0 Å². The first-order chi connectivity index (χ1) is 10.1. The normalized spacial score (nSPS) is 14.6. The van der Waals surface area contributed by atoms with E-state index in [1.54, 1.807) is 0 Å². The molecule has 1 heterocycles. The molecule has 0 aliphatic heterocycles. The van der Waals surface area contributed by atoms with Crippen molar-refractivity contribution in [3.63, 3.8) is 0 Å². The molecule has 0 aliphatic rings. The van der Waals surface area contributed by atoms with Crippen molar-refractivity contribution in [3.8, 4) is 0 Å². The van der Waals surface area contributed by atoms with Crippen molar-refractivity contribution in [3.05, 3.63) is 17.2 Å². The summed E-state index contributed by atoms with van der Waals surface area (Å²) in [6, 6.07) is 0. The number of imidazole rings is 1. The molecule has 1 N–H and O–H groups in total. The molecule has 0 amide bonds. The lowest BCUT2D eigenvalue weighted by atomic mass is 9.81. The Balaban J connectivity index is 3.31. The van der Waals surface area contributed by atoms with Crippen LogP contribution < -0.4 is 0 Å². The summed E-state index contributed by atoms with van der Waals surface area (Å²) < 4.78 is 0. The van der Waals surface area contributed by atoms with Crippen LogP contribution in [0, 0.1) is 5.92 Å². The summed E-state index contributed by atoms with van der Waals surface area (Å²) in [5.41, 5.74) is 2.91. The number of hydrogen-bond acceptors (Lipinski definition) is 1. The van der Waals surface area contributed by atoms with Gasteiger partial charge in [-0.25, -0.2) is 4.98 Å². The molecule has 1 unspecified atom stereocenters. The fourth-order valence-corrected chi connectivity index (χ4v) is 2.79. The summed E-state index contributed by atoms with van der Waals surface area (Å²) in [5, 5.41) is 0. The average Bonchev–Trinajstić information content (AvgIpc) is 2.90. The first-order valence-corrected chi connectivity index (χ1v) is 9.17. The van der Waals surface area contributed by atoms with Gasteiger partial charge in [-0.2, -0.15) is 0 Å². The summed E-state index contributed by atoms with van der Waals surface area (Å²) in [4.78, 5) is 8.87. The lowest BCUT2D eigenvalue weighted by Crippen LogP contribution is -2.21. The third-order valence-electron chi connectivity index (χ3n) is 5.51. The van der Waals surface area contributed by atoms with Crippen LogP contribution >= 0.6 is 0 Å². The van der Waals surface area contributed by atoms with Crippen LogP contribution in [0.15, 0.2) is 0 Å². The van der Waals surface area contributed by atoms with E-state index in [1.165, 1.54) is 36.5 Å². The topological polar surface area (TPSA) is 28.7 Å². The smallest absolute Gasteiger partial charge is 0.112 e. The lowest BCUT2D eigenvalue weighted by molar-refractivity contribution is 0.430. The zero-order chi connectivity index (χ0) is 17.1. The minimum Gasteiger partial charge on any atom is -0.345 e. The fourth-order valence-electron chi connectivity index (χ4n) is 2.79. The molecule has 1 atom stereocenters. The fraction of sp³-hybridized carbons (Fsp3) is 0.850. The molecule has 0 saturated carbocycles. The predicted octanol–water partition coefficient (Wildman–Crippen LogP) is 6.32. The SMILES string of the molecule is CCCCC(C)(C)c1nc(C(C)(C)CC)c(C(C)C(C)C)[nH]1. The average molecular weight is 307 g/mol. The molecule has 22 heavy (non-hydrogen) atoms. The molecule has 1 aromatic rings. The van der Waals surface area contributed by atoms with E-state index in [2.05, 4.69) is 67.3 Å². The molecule has 0 saturated heterocycles. The van der Waals surface area contributed by atoms with Crippen molar-refractivity contribution < 1.29 is 0 Å². The Bertz CT molecular complexity index is 466. The number of unbranched alkanes of at least 4 members (excludes halogenated alkanes) is 1. The molecule has 0 fully saturated rings. The van der Waals surface area contributed by atoms with Gasteiger partial charge in [0.15, 0.2) is 0 Å². The number of H-pyrrole nitrogens is 1. The molecule has 0 spiro atoms. The maximum atomic E-state index is 5.13. The molecular formula is C20H38N2. The highest BCUT2D eigenvalue weighted by Gasteiger charge is 2.32. The summed E-state index contributed by atoms with van der Waals surface area (Å²) in [6.45, 7) is 20.8. The Labute approximate surface area is 138 Å². The van der Waals surface area contributed by atoms with Crippen LogP contribution in [-0.4, -0.2) is 9.97 Å². The second-order valence-corrected chi connectivity index (χ2v) is 8.61. The highest BCUT2D eigenvalue weighted by atomic mass is 15.0. The molecular weight excluding hydrogens is 268 g/mol. The number of nitrogens with zero attached hydrogens (tertiary/aromatic N) is 1. The van der Waals surface area contributed by atoms with E-state index in [4.69, 9.17) is 4.98 Å². The molecule has 2 nitrogen and oxygen atoms in total. The maximum Gasteiger partial charge on any atom is 0.112 e. The molecule has 2 heteroatoms. The quantitative estimate of drug-likeness (QED) is 0.597. The zero-order valence-electron chi connectivity index (χ0n) is 16.4. The Hall–Kier alpha value is -0.790. The minimum atomic E-state index is 0.129. The van der Waals surface area contributed by atoms with Gasteiger partial charge in [-0.3, -0.25) is 0 Å². The predicted molar refractivity (Wildman–Crippen MR) is 97.7 cm³/mol. The molecule has 0 radical (unpaired) electrons. The third kappa shape index (κ3) is 4.14. The van der Waals surface area contributed by atoms with Crippen LogP contribution in [0.4, 0.5) is 0 Å². The van der Waals surface area contributed by atoms with E-state index >= 15 is 0 Å². The summed E-state index contributed by atoms with van der Waals surface area (Å²) in [5.74, 6) is 2.32. The van der Waals surface area contributed by atoms with Crippen molar-refractivity contribution >= 4 is 0 Å². The Morgan fingerprint density at radius 1 is 1.00 bits per heavy atom. The number of aromatic amines is 1. The van der Waals surface area contributed by atoms with Crippen LogP contribution in [0.1, 0.15) is 111 Å². The van der Waals surface area contributed by atoms with Gasteiger partial charge < -0.3 is 4.98 Å². The first-order valence-electron chi connectivity index (χ1n) is 9.17. The second-order valence-electron chi connectivity index (χ2n) is 8.61. The Morgan fingerprint density at radius 2 is 1.59 bits per heavy atom. The highest BCUT2D eigenvalue weighted by molar-refractivity contribution is 5.28. The maximum absolute atomic E-state index is 5.13. The van der Waals surface area contributed by atoms with Crippen LogP contribution in [0.2, 0.25) is 0 Å². The minimum absolute atomic E-state index is 0.129. The summed E-state index contributed by atoms with van der Waals surface area (Å²) in [7, 11) is 0. The van der Waals surface area contributed by atoms with Gasteiger partial charge in [0, 0.05) is 22.4 Å². The van der Waals surface area contributed by atoms with Gasteiger partial charge in [-0.15, -0.1) is 0 Å².